The molecule has 0 heterocycles. The highest BCUT2D eigenvalue weighted by molar-refractivity contribution is 7.90. The first-order valence-electron chi connectivity index (χ1n) is 4.02. The van der Waals surface area contributed by atoms with Crippen LogP contribution in [0.25, 0.3) is 0 Å². The predicted octanol–water partition coefficient (Wildman–Crippen LogP) is -1.36. The van der Waals surface area contributed by atoms with Crippen LogP contribution in [0.5, 0.6) is 0 Å². The van der Waals surface area contributed by atoms with E-state index in [0.717, 1.165) is 7.11 Å². The number of methoxy groups -OCH3 is 2. The molecular formula is C7H13NO6S. The average molecular weight is 239 g/mol. The number of carbonyl (C=O) groups is 2. The smallest absolute Gasteiger partial charge is 0.322 e. The minimum absolute atomic E-state index is 0.0864. The summed E-state index contributed by atoms with van der Waals surface area (Å²) in [6, 6.07) is 0. The zero-order chi connectivity index (χ0) is 11.9. The largest absolute Gasteiger partial charge is 0.469 e. The first kappa shape index (κ1) is 13.8. The Kier molecular flexibility index (Phi) is 5.87. The van der Waals surface area contributed by atoms with Crippen LogP contribution in [0, 0.1) is 0 Å². The van der Waals surface area contributed by atoms with E-state index in [1.165, 1.54) is 7.11 Å². The van der Waals surface area contributed by atoms with Gasteiger partial charge in [0.15, 0.2) is 5.75 Å². The molecular weight excluding hydrogens is 226 g/mol. The summed E-state index contributed by atoms with van der Waals surface area (Å²) in [6.07, 6.45) is -0.0864. The van der Waals surface area contributed by atoms with Crippen LogP contribution < -0.4 is 4.72 Å². The maximum atomic E-state index is 11.1. The molecule has 0 aliphatic heterocycles. The summed E-state index contributed by atoms with van der Waals surface area (Å²) in [4.78, 5) is 21.3. The standard InChI is InChI=1S/C7H13NO6S/c1-13-6(9)3-4-8-15(11,12)5-7(10)14-2/h8H,3-5H2,1-2H3. The van der Waals surface area contributed by atoms with Crippen LogP contribution in [0.1, 0.15) is 6.42 Å². The molecule has 15 heavy (non-hydrogen) atoms. The molecule has 0 aliphatic rings. The lowest BCUT2D eigenvalue weighted by molar-refractivity contribution is -0.140. The molecule has 0 saturated heterocycles. The van der Waals surface area contributed by atoms with Crippen molar-refractivity contribution in [1.29, 1.82) is 0 Å². The van der Waals surface area contributed by atoms with Crippen molar-refractivity contribution in [3.05, 3.63) is 0 Å². The Labute approximate surface area is 87.8 Å². The topological polar surface area (TPSA) is 98.8 Å². The molecule has 0 unspecified atom stereocenters. The predicted molar refractivity (Wildman–Crippen MR) is 50.4 cm³/mol. The molecule has 0 aromatic rings. The highest BCUT2D eigenvalue weighted by Gasteiger charge is 2.16. The first-order chi connectivity index (χ1) is 6.91. The van der Waals surface area contributed by atoms with Gasteiger partial charge in [-0.05, 0) is 0 Å². The Bertz CT molecular complexity index is 322. The van der Waals surface area contributed by atoms with Crippen LogP contribution in [0.4, 0.5) is 0 Å². The highest BCUT2D eigenvalue weighted by Crippen LogP contribution is 1.89. The summed E-state index contributed by atoms with van der Waals surface area (Å²) in [5, 5.41) is 0. The summed E-state index contributed by atoms with van der Waals surface area (Å²) in [5.41, 5.74) is 0. The van der Waals surface area contributed by atoms with Gasteiger partial charge in [-0.1, -0.05) is 0 Å². The summed E-state index contributed by atoms with van der Waals surface area (Å²) in [5.74, 6) is -2.15. The fraction of sp³-hybridized carbons (Fsp3) is 0.714. The third-order valence-electron chi connectivity index (χ3n) is 1.41. The van der Waals surface area contributed by atoms with Gasteiger partial charge < -0.3 is 9.47 Å². The van der Waals surface area contributed by atoms with Crippen molar-refractivity contribution in [3.8, 4) is 0 Å². The number of ether oxygens (including phenoxy) is 2. The van der Waals surface area contributed by atoms with Gasteiger partial charge in [0.1, 0.15) is 0 Å². The molecule has 0 aliphatic carbocycles. The van der Waals surface area contributed by atoms with Gasteiger partial charge in [0.25, 0.3) is 0 Å². The van der Waals surface area contributed by atoms with E-state index in [2.05, 4.69) is 14.2 Å². The first-order valence-corrected chi connectivity index (χ1v) is 5.67. The molecule has 0 rings (SSSR count). The van der Waals surface area contributed by atoms with Gasteiger partial charge in [0.2, 0.25) is 10.0 Å². The maximum absolute atomic E-state index is 11.1. The molecule has 0 aromatic carbocycles. The normalized spacial score (nSPS) is 10.8. The molecule has 0 aromatic heterocycles. The molecule has 0 atom stereocenters. The SMILES string of the molecule is COC(=O)CCNS(=O)(=O)CC(=O)OC. The van der Waals surface area contributed by atoms with Crippen LogP contribution in [-0.2, 0) is 29.1 Å². The molecule has 0 saturated carbocycles. The second-order valence-corrected chi connectivity index (χ2v) is 4.36. The van der Waals surface area contributed by atoms with Crippen LogP contribution >= 0.6 is 0 Å². The fourth-order valence-electron chi connectivity index (χ4n) is 0.676. The number of carbonyl (C=O) groups excluding carboxylic acids is 2. The summed E-state index contributed by atoms with van der Waals surface area (Å²) < 4.78 is 32.8. The van der Waals surface area contributed by atoms with E-state index < -0.39 is 27.7 Å². The number of hydrogen-bond acceptors (Lipinski definition) is 6. The van der Waals surface area contributed by atoms with E-state index in [1.807, 2.05) is 0 Å². The van der Waals surface area contributed by atoms with Crippen molar-refractivity contribution in [1.82, 2.24) is 4.72 Å². The third kappa shape index (κ3) is 6.86. The maximum Gasteiger partial charge on any atom is 0.322 e. The lowest BCUT2D eigenvalue weighted by Gasteiger charge is -2.04. The van der Waals surface area contributed by atoms with Gasteiger partial charge in [-0.15, -0.1) is 0 Å². The Morgan fingerprint density at radius 3 is 2.13 bits per heavy atom. The van der Waals surface area contributed by atoms with Crippen molar-refractivity contribution in [2.24, 2.45) is 0 Å². The highest BCUT2D eigenvalue weighted by atomic mass is 32.2. The monoisotopic (exact) mass is 239 g/mol. The van der Waals surface area contributed by atoms with E-state index in [1.54, 1.807) is 0 Å². The lowest BCUT2D eigenvalue weighted by Crippen LogP contribution is -2.32. The van der Waals surface area contributed by atoms with Crippen LogP contribution in [0.15, 0.2) is 0 Å². The van der Waals surface area contributed by atoms with Gasteiger partial charge in [-0.3, -0.25) is 9.59 Å². The number of sulfonamides is 1. The zero-order valence-electron chi connectivity index (χ0n) is 8.48. The van der Waals surface area contributed by atoms with Gasteiger partial charge in [-0.25, -0.2) is 13.1 Å². The molecule has 8 heteroatoms. The lowest BCUT2D eigenvalue weighted by atomic mass is 10.4. The second kappa shape index (κ2) is 6.36. The van der Waals surface area contributed by atoms with Gasteiger partial charge >= 0.3 is 11.9 Å². The minimum Gasteiger partial charge on any atom is -0.469 e. The molecule has 88 valence electrons. The Balaban J connectivity index is 3.95. The van der Waals surface area contributed by atoms with E-state index in [9.17, 15) is 18.0 Å². The second-order valence-electron chi connectivity index (χ2n) is 2.56. The Hall–Kier alpha value is -1.15. The fourth-order valence-corrected chi connectivity index (χ4v) is 1.62. The van der Waals surface area contributed by atoms with Crippen molar-refractivity contribution in [2.75, 3.05) is 26.5 Å². The number of nitrogens with one attached hydrogen (secondary N) is 1. The molecule has 0 radical (unpaired) electrons. The molecule has 0 amide bonds. The Morgan fingerprint density at radius 1 is 1.13 bits per heavy atom. The summed E-state index contributed by atoms with van der Waals surface area (Å²) >= 11 is 0. The summed E-state index contributed by atoms with van der Waals surface area (Å²) in [6.45, 7) is -0.105. The van der Waals surface area contributed by atoms with Crippen molar-refractivity contribution < 1.29 is 27.5 Å². The van der Waals surface area contributed by atoms with Crippen molar-refractivity contribution >= 4 is 22.0 Å². The number of rotatable bonds is 6. The van der Waals surface area contributed by atoms with E-state index in [0.29, 0.717) is 0 Å². The van der Waals surface area contributed by atoms with E-state index in [-0.39, 0.29) is 13.0 Å². The molecule has 7 nitrogen and oxygen atoms in total. The van der Waals surface area contributed by atoms with Gasteiger partial charge in [0, 0.05) is 6.54 Å². The molecule has 1 N–H and O–H groups in total. The molecule has 0 fully saturated rings. The van der Waals surface area contributed by atoms with Crippen LogP contribution in [0.2, 0.25) is 0 Å². The van der Waals surface area contributed by atoms with Crippen molar-refractivity contribution in [3.63, 3.8) is 0 Å². The number of esters is 2. The molecule has 0 bridgehead atoms. The van der Waals surface area contributed by atoms with E-state index in [4.69, 9.17) is 0 Å². The molecule has 0 spiro atoms. The summed E-state index contributed by atoms with van der Waals surface area (Å²) in [7, 11) is -1.44. The average Bonchev–Trinajstić information content (AvgIpc) is 2.16. The van der Waals surface area contributed by atoms with Gasteiger partial charge in [-0.2, -0.15) is 0 Å². The van der Waals surface area contributed by atoms with Crippen LogP contribution in [0.3, 0.4) is 0 Å². The van der Waals surface area contributed by atoms with Gasteiger partial charge in [0.05, 0.1) is 20.6 Å². The number of hydrogen-bond donors (Lipinski definition) is 1. The van der Waals surface area contributed by atoms with Crippen molar-refractivity contribution in [2.45, 2.75) is 6.42 Å². The van der Waals surface area contributed by atoms with E-state index >= 15 is 0 Å². The minimum atomic E-state index is -3.73. The Morgan fingerprint density at radius 2 is 1.67 bits per heavy atom. The quantitative estimate of drug-likeness (QED) is 0.575. The third-order valence-corrected chi connectivity index (χ3v) is 2.67. The zero-order valence-corrected chi connectivity index (χ0v) is 9.30. The van der Waals surface area contributed by atoms with Crippen LogP contribution in [-0.4, -0.2) is 46.9 Å².